The molecule has 0 spiro atoms. The monoisotopic (exact) mass is 480 g/mol. The van der Waals surface area contributed by atoms with Crippen molar-refractivity contribution < 1.29 is 14.7 Å². The molecule has 1 fully saturated rings. The Morgan fingerprint density at radius 1 is 1.21 bits per heavy atom. The lowest BCUT2D eigenvalue weighted by Gasteiger charge is -2.35. The van der Waals surface area contributed by atoms with Crippen molar-refractivity contribution in [3.8, 4) is 5.75 Å². The van der Waals surface area contributed by atoms with Crippen LogP contribution in [0.1, 0.15) is 18.1 Å². The zero-order chi connectivity index (χ0) is 24.2. The third-order valence-corrected chi connectivity index (χ3v) is 6.37. The number of hydrogen-bond acceptors (Lipinski definition) is 5. The Morgan fingerprint density at radius 3 is 2.79 bits per heavy atom. The summed E-state index contributed by atoms with van der Waals surface area (Å²) in [6.45, 7) is 5.45. The quantitative estimate of drug-likeness (QED) is 0.435. The number of carbonyl (C=O) groups is 2. The van der Waals surface area contributed by atoms with E-state index in [9.17, 15) is 14.7 Å². The third kappa shape index (κ3) is 5.26. The van der Waals surface area contributed by atoms with Crippen LogP contribution >= 0.6 is 11.6 Å². The highest BCUT2D eigenvalue weighted by Crippen LogP contribution is 2.28. The molecule has 0 saturated carbocycles. The van der Waals surface area contributed by atoms with Crippen LogP contribution in [0.5, 0.6) is 5.75 Å². The molecule has 0 bridgehead atoms. The number of benzene rings is 3. The van der Waals surface area contributed by atoms with Gasteiger partial charge in [0.25, 0.3) is 0 Å². The van der Waals surface area contributed by atoms with Crippen LogP contribution in [0.3, 0.4) is 0 Å². The minimum atomic E-state index is -0.732. The highest BCUT2D eigenvalue weighted by atomic mass is 35.5. The van der Waals surface area contributed by atoms with Gasteiger partial charge in [0.15, 0.2) is 0 Å². The molecule has 0 aliphatic carbocycles. The van der Waals surface area contributed by atoms with Crippen molar-refractivity contribution in [1.29, 1.82) is 0 Å². The molecule has 3 aromatic carbocycles. The number of phenolic OH excluding ortho intramolecular Hbond substituents is 1. The molecule has 4 N–H and O–H groups in total. The molecule has 1 heterocycles. The number of rotatable bonds is 6. The van der Waals surface area contributed by atoms with E-state index < -0.39 is 12.1 Å². The van der Waals surface area contributed by atoms with Crippen molar-refractivity contribution in [3.05, 3.63) is 70.7 Å². The fraction of sp³-hybridized carbons (Fsp3) is 0.308. The maximum absolute atomic E-state index is 12.9. The smallest absolute Gasteiger partial charge is 0.242 e. The summed E-state index contributed by atoms with van der Waals surface area (Å²) in [7, 11) is 0. The second-order valence-electron chi connectivity index (χ2n) is 8.63. The van der Waals surface area contributed by atoms with Gasteiger partial charge in [-0.3, -0.25) is 9.59 Å². The van der Waals surface area contributed by atoms with Crippen molar-refractivity contribution in [2.75, 3.05) is 24.5 Å². The van der Waals surface area contributed by atoms with Crippen molar-refractivity contribution in [2.24, 2.45) is 0 Å². The molecule has 7 nitrogen and oxygen atoms in total. The van der Waals surface area contributed by atoms with E-state index in [1.165, 1.54) is 0 Å². The van der Waals surface area contributed by atoms with Crippen molar-refractivity contribution in [3.63, 3.8) is 0 Å². The first kappa shape index (κ1) is 23.9. The van der Waals surface area contributed by atoms with E-state index in [0.717, 1.165) is 23.0 Å². The Labute approximate surface area is 204 Å². The summed E-state index contributed by atoms with van der Waals surface area (Å²) in [5.74, 6) is -0.470. The van der Waals surface area contributed by atoms with Crippen molar-refractivity contribution in [2.45, 2.75) is 32.5 Å². The van der Waals surface area contributed by atoms with Crippen molar-refractivity contribution in [1.82, 2.24) is 16.0 Å². The average molecular weight is 481 g/mol. The van der Waals surface area contributed by atoms with Gasteiger partial charge in [-0.1, -0.05) is 48.0 Å². The van der Waals surface area contributed by atoms with Crippen LogP contribution in [0, 0.1) is 6.92 Å². The van der Waals surface area contributed by atoms with Crippen LogP contribution in [-0.4, -0.2) is 48.6 Å². The molecule has 0 aromatic heterocycles. The zero-order valence-corrected chi connectivity index (χ0v) is 20.0. The molecule has 2 amide bonds. The molecular weight excluding hydrogens is 452 g/mol. The molecule has 1 aliphatic rings. The molecular formula is C26H29ClN4O3. The number of aromatic hydroxyl groups is 1. The summed E-state index contributed by atoms with van der Waals surface area (Å²) in [5.41, 5.74) is 2.26. The number of phenols is 1. The Balaban J connectivity index is 1.36. The highest BCUT2D eigenvalue weighted by molar-refractivity contribution is 6.30. The van der Waals surface area contributed by atoms with Gasteiger partial charge < -0.3 is 26.0 Å². The van der Waals surface area contributed by atoms with Gasteiger partial charge in [-0.15, -0.1) is 0 Å². The SMILES string of the molecule is Cc1cc(Cl)cc(CNC(=O)C(C)NC(=O)C2CN(c3cccc4ccccc34)CCN2)c1O. The molecule has 1 aliphatic heterocycles. The Hall–Kier alpha value is -3.29. The molecule has 34 heavy (non-hydrogen) atoms. The van der Waals surface area contributed by atoms with Gasteiger partial charge in [0.2, 0.25) is 11.8 Å². The number of hydrogen-bond donors (Lipinski definition) is 4. The topological polar surface area (TPSA) is 93.7 Å². The fourth-order valence-corrected chi connectivity index (χ4v) is 4.58. The highest BCUT2D eigenvalue weighted by Gasteiger charge is 2.28. The molecule has 8 heteroatoms. The number of anilines is 1. The predicted octanol–water partition coefficient (Wildman–Crippen LogP) is 3.11. The Bertz CT molecular complexity index is 1210. The van der Waals surface area contributed by atoms with Crippen LogP contribution in [0.25, 0.3) is 10.8 Å². The summed E-state index contributed by atoms with van der Waals surface area (Å²) >= 11 is 6.05. The van der Waals surface area contributed by atoms with Crippen LogP contribution in [0.2, 0.25) is 5.02 Å². The molecule has 0 radical (unpaired) electrons. The van der Waals surface area contributed by atoms with Crippen LogP contribution in [0.15, 0.2) is 54.6 Å². The first-order valence-corrected chi connectivity index (χ1v) is 11.7. The maximum Gasteiger partial charge on any atom is 0.242 e. The van der Waals surface area contributed by atoms with E-state index in [1.54, 1.807) is 26.0 Å². The number of carbonyl (C=O) groups excluding carboxylic acids is 2. The van der Waals surface area contributed by atoms with E-state index in [-0.39, 0.29) is 24.1 Å². The molecule has 2 atom stereocenters. The molecule has 1 saturated heterocycles. The minimum Gasteiger partial charge on any atom is -0.507 e. The number of piperazine rings is 1. The molecule has 2 unspecified atom stereocenters. The lowest BCUT2D eigenvalue weighted by Crippen LogP contribution is -2.59. The predicted molar refractivity (Wildman–Crippen MR) is 135 cm³/mol. The number of nitrogens with one attached hydrogen (secondary N) is 3. The van der Waals surface area contributed by atoms with E-state index in [2.05, 4.69) is 45.1 Å². The Kier molecular flexibility index (Phi) is 7.24. The summed E-state index contributed by atoms with van der Waals surface area (Å²) < 4.78 is 0. The van der Waals surface area contributed by atoms with E-state index in [4.69, 9.17) is 11.6 Å². The lowest BCUT2D eigenvalue weighted by atomic mass is 10.1. The van der Waals surface area contributed by atoms with Gasteiger partial charge in [0.1, 0.15) is 17.8 Å². The second-order valence-corrected chi connectivity index (χ2v) is 9.07. The first-order valence-electron chi connectivity index (χ1n) is 11.4. The maximum atomic E-state index is 12.9. The molecule has 3 aromatic rings. The van der Waals surface area contributed by atoms with E-state index in [1.807, 2.05) is 18.2 Å². The standard InChI is InChI=1S/C26H29ClN4O3/c1-16-12-20(27)13-19(24(16)32)14-29-25(33)17(2)30-26(34)22-15-31(11-10-28-22)23-9-5-7-18-6-3-4-8-21(18)23/h3-9,12-13,17,22,28,32H,10-11,14-15H2,1-2H3,(H,29,33)(H,30,34). The summed E-state index contributed by atoms with van der Waals surface area (Å²) in [5, 5.41) is 21.8. The van der Waals surface area contributed by atoms with Gasteiger partial charge in [0.05, 0.1) is 0 Å². The van der Waals surface area contributed by atoms with Crippen LogP contribution in [-0.2, 0) is 16.1 Å². The average Bonchev–Trinajstić information content (AvgIpc) is 2.84. The normalized spacial score (nSPS) is 16.8. The van der Waals surface area contributed by atoms with Gasteiger partial charge in [-0.25, -0.2) is 0 Å². The van der Waals surface area contributed by atoms with Gasteiger partial charge in [-0.05, 0) is 43.0 Å². The third-order valence-electron chi connectivity index (χ3n) is 6.15. The summed E-state index contributed by atoms with van der Waals surface area (Å²) in [6, 6.07) is 16.5. The fourth-order valence-electron chi connectivity index (χ4n) is 4.28. The van der Waals surface area contributed by atoms with E-state index in [0.29, 0.717) is 29.2 Å². The number of nitrogens with zero attached hydrogens (tertiary/aromatic N) is 1. The van der Waals surface area contributed by atoms with Gasteiger partial charge >= 0.3 is 0 Å². The van der Waals surface area contributed by atoms with Crippen molar-refractivity contribution >= 4 is 39.9 Å². The first-order chi connectivity index (χ1) is 16.3. The number of fused-ring (bicyclic) bond motifs is 1. The lowest BCUT2D eigenvalue weighted by molar-refractivity contribution is -0.129. The number of amides is 2. The number of aryl methyl sites for hydroxylation is 1. The van der Waals surface area contributed by atoms with Crippen LogP contribution in [0.4, 0.5) is 5.69 Å². The summed E-state index contributed by atoms with van der Waals surface area (Å²) in [4.78, 5) is 27.7. The van der Waals surface area contributed by atoms with Gasteiger partial charge in [-0.2, -0.15) is 0 Å². The Morgan fingerprint density at radius 2 is 1.97 bits per heavy atom. The van der Waals surface area contributed by atoms with Crippen LogP contribution < -0.4 is 20.9 Å². The zero-order valence-electron chi connectivity index (χ0n) is 19.3. The van der Waals surface area contributed by atoms with Gasteiger partial charge in [0, 0.05) is 47.8 Å². The van der Waals surface area contributed by atoms with E-state index >= 15 is 0 Å². The second kappa shape index (κ2) is 10.3. The molecule has 178 valence electrons. The number of halogens is 1. The molecule has 4 rings (SSSR count). The largest absolute Gasteiger partial charge is 0.507 e. The summed E-state index contributed by atoms with van der Waals surface area (Å²) in [6.07, 6.45) is 0. The minimum absolute atomic E-state index is 0.0984.